The van der Waals surface area contributed by atoms with E-state index in [1.54, 1.807) is 0 Å². The Balaban J connectivity index is 1.66. The molecule has 1 aliphatic carbocycles. The van der Waals surface area contributed by atoms with Gasteiger partial charge in [-0.2, -0.15) is 0 Å². The van der Waals surface area contributed by atoms with Gasteiger partial charge in [0.15, 0.2) is 0 Å². The highest BCUT2D eigenvalue weighted by atomic mass is 16.5. The molecule has 0 radical (unpaired) electrons. The minimum absolute atomic E-state index is 0.586. The van der Waals surface area contributed by atoms with Gasteiger partial charge < -0.3 is 15.4 Å². The fourth-order valence-electron chi connectivity index (χ4n) is 1.25. The maximum absolute atomic E-state index is 5.50. The topological polar surface area (TPSA) is 33.3 Å². The minimum atomic E-state index is 0.586. The lowest BCUT2D eigenvalue weighted by Gasteiger charge is -2.09. The van der Waals surface area contributed by atoms with Gasteiger partial charge in [-0.1, -0.05) is 13.8 Å². The second-order valence-corrected chi connectivity index (χ2v) is 4.38. The average Bonchev–Trinajstić information content (AvgIpc) is 2.92. The van der Waals surface area contributed by atoms with Gasteiger partial charge in [0.05, 0.1) is 6.61 Å². The highest BCUT2D eigenvalue weighted by molar-refractivity contribution is 4.71. The first-order valence-electron chi connectivity index (χ1n) is 5.81. The molecule has 0 saturated heterocycles. The van der Waals surface area contributed by atoms with Gasteiger partial charge in [-0.05, 0) is 18.8 Å². The molecule has 0 aromatic heterocycles. The van der Waals surface area contributed by atoms with Gasteiger partial charge in [-0.3, -0.25) is 0 Å². The fourth-order valence-corrected chi connectivity index (χ4v) is 1.25. The van der Waals surface area contributed by atoms with Crippen molar-refractivity contribution in [2.75, 3.05) is 32.8 Å². The van der Waals surface area contributed by atoms with Crippen molar-refractivity contribution >= 4 is 0 Å². The van der Waals surface area contributed by atoms with Crippen LogP contribution in [0.2, 0.25) is 0 Å². The first-order chi connectivity index (χ1) is 6.79. The van der Waals surface area contributed by atoms with Crippen LogP contribution >= 0.6 is 0 Å². The smallest absolute Gasteiger partial charge is 0.0591 e. The molecule has 0 amide bonds. The van der Waals surface area contributed by atoms with Crippen LogP contribution in [0, 0.1) is 5.92 Å². The Morgan fingerprint density at radius 3 is 2.64 bits per heavy atom. The number of hydrogen-bond acceptors (Lipinski definition) is 3. The second-order valence-electron chi connectivity index (χ2n) is 4.38. The molecule has 14 heavy (non-hydrogen) atoms. The highest BCUT2D eigenvalue weighted by Crippen LogP contribution is 2.28. The van der Waals surface area contributed by atoms with Crippen LogP contribution < -0.4 is 10.6 Å². The molecule has 1 rings (SSSR count). The van der Waals surface area contributed by atoms with E-state index in [-0.39, 0.29) is 0 Å². The Kier molecular flexibility index (Phi) is 6.15. The maximum Gasteiger partial charge on any atom is 0.0591 e. The maximum atomic E-state index is 5.50. The van der Waals surface area contributed by atoms with E-state index in [9.17, 15) is 0 Å². The number of nitrogens with one attached hydrogen (secondary N) is 2. The van der Waals surface area contributed by atoms with E-state index in [0.29, 0.717) is 6.04 Å². The summed E-state index contributed by atoms with van der Waals surface area (Å²) in [5.74, 6) is 0.887. The lowest BCUT2D eigenvalue weighted by molar-refractivity contribution is 0.126. The van der Waals surface area contributed by atoms with Gasteiger partial charge in [0.1, 0.15) is 0 Å². The van der Waals surface area contributed by atoms with Crippen molar-refractivity contribution in [2.45, 2.75) is 32.7 Å². The van der Waals surface area contributed by atoms with Crippen LogP contribution in [0.5, 0.6) is 0 Å². The molecule has 0 aromatic rings. The molecule has 3 nitrogen and oxygen atoms in total. The zero-order valence-corrected chi connectivity index (χ0v) is 9.51. The molecule has 0 unspecified atom stereocenters. The summed E-state index contributed by atoms with van der Waals surface area (Å²) in [7, 11) is 0. The van der Waals surface area contributed by atoms with Crippen LogP contribution in [0.25, 0.3) is 0 Å². The summed E-state index contributed by atoms with van der Waals surface area (Å²) in [6, 6.07) is 0.586. The Hall–Kier alpha value is -0.120. The van der Waals surface area contributed by atoms with E-state index in [4.69, 9.17) is 4.74 Å². The van der Waals surface area contributed by atoms with Crippen LogP contribution in [0.3, 0.4) is 0 Å². The van der Waals surface area contributed by atoms with Crippen LogP contribution in [-0.2, 0) is 4.74 Å². The second kappa shape index (κ2) is 7.21. The van der Waals surface area contributed by atoms with Crippen LogP contribution in [-0.4, -0.2) is 38.9 Å². The molecule has 0 heterocycles. The number of ether oxygens (including phenoxy) is 1. The largest absolute Gasteiger partial charge is 0.380 e. The van der Waals surface area contributed by atoms with Gasteiger partial charge in [0.2, 0.25) is 0 Å². The van der Waals surface area contributed by atoms with Gasteiger partial charge in [0, 0.05) is 32.3 Å². The normalized spacial score (nSPS) is 16.5. The van der Waals surface area contributed by atoms with Crippen molar-refractivity contribution in [1.82, 2.24) is 10.6 Å². The molecule has 0 aromatic carbocycles. The summed E-state index contributed by atoms with van der Waals surface area (Å²) in [5, 5.41) is 6.71. The van der Waals surface area contributed by atoms with Gasteiger partial charge in [-0.25, -0.2) is 0 Å². The van der Waals surface area contributed by atoms with E-state index >= 15 is 0 Å². The van der Waals surface area contributed by atoms with Crippen LogP contribution in [0.15, 0.2) is 0 Å². The molecule has 0 bridgehead atoms. The van der Waals surface area contributed by atoms with E-state index in [2.05, 4.69) is 24.5 Å². The molecule has 0 aliphatic heterocycles. The fraction of sp³-hybridized carbons (Fsp3) is 1.00. The third-order valence-electron chi connectivity index (χ3n) is 2.33. The monoisotopic (exact) mass is 200 g/mol. The van der Waals surface area contributed by atoms with E-state index in [0.717, 1.165) is 38.8 Å². The lowest BCUT2D eigenvalue weighted by Crippen LogP contribution is -2.33. The molecule has 2 N–H and O–H groups in total. The summed E-state index contributed by atoms with van der Waals surface area (Å²) in [6.07, 6.45) is 2.76. The quantitative estimate of drug-likeness (QED) is 0.545. The highest BCUT2D eigenvalue weighted by Gasteiger charge is 2.20. The van der Waals surface area contributed by atoms with Crippen molar-refractivity contribution in [2.24, 2.45) is 5.92 Å². The zero-order valence-electron chi connectivity index (χ0n) is 9.51. The van der Waals surface area contributed by atoms with Gasteiger partial charge >= 0.3 is 0 Å². The van der Waals surface area contributed by atoms with E-state index in [1.165, 1.54) is 12.8 Å². The van der Waals surface area contributed by atoms with Crippen molar-refractivity contribution in [3.63, 3.8) is 0 Å². The van der Waals surface area contributed by atoms with Crippen LogP contribution in [0.4, 0.5) is 0 Å². The molecule has 0 atom stereocenters. The molecular weight excluding hydrogens is 176 g/mol. The summed E-state index contributed by atoms with van der Waals surface area (Å²) >= 11 is 0. The first kappa shape index (κ1) is 12.0. The number of hydrogen-bond donors (Lipinski definition) is 2. The molecule has 1 saturated carbocycles. The summed E-state index contributed by atoms with van der Waals surface area (Å²) < 4.78 is 5.50. The third kappa shape index (κ3) is 7.30. The van der Waals surface area contributed by atoms with Crippen molar-refractivity contribution in [1.29, 1.82) is 0 Å². The van der Waals surface area contributed by atoms with Crippen molar-refractivity contribution < 1.29 is 4.74 Å². The molecule has 1 aliphatic rings. The summed E-state index contributed by atoms with van der Waals surface area (Å²) in [4.78, 5) is 0. The molecule has 0 spiro atoms. The SMILES string of the molecule is CC(C)NCCNCCOCC1CC1. The Morgan fingerprint density at radius 1 is 1.21 bits per heavy atom. The predicted molar refractivity (Wildman–Crippen MR) is 59.6 cm³/mol. The lowest BCUT2D eigenvalue weighted by atomic mass is 10.4. The van der Waals surface area contributed by atoms with E-state index < -0.39 is 0 Å². The minimum Gasteiger partial charge on any atom is -0.380 e. The Bertz CT molecular complexity index is 127. The predicted octanol–water partition coefficient (Wildman–Crippen LogP) is 1.00. The van der Waals surface area contributed by atoms with Crippen molar-refractivity contribution in [3.05, 3.63) is 0 Å². The molecular formula is C11H24N2O. The molecule has 3 heteroatoms. The van der Waals surface area contributed by atoms with Crippen LogP contribution in [0.1, 0.15) is 26.7 Å². The zero-order chi connectivity index (χ0) is 10.2. The average molecular weight is 200 g/mol. The Labute approximate surface area is 87.6 Å². The standard InChI is InChI=1S/C11H24N2O/c1-10(2)13-6-5-12-7-8-14-9-11-3-4-11/h10-13H,3-9H2,1-2H3. The van der Waals surface area contributed by atoms with E-state index in [1.807, 2.05) is 0 Å². The third-order valence-corrected chi connectivity index (χ3v) is 2.33. The molecule has 1 fully saturated rings. The Morgan fingerprint density at radius 2 is 2.00 bits per heavy atom. The summed E-state index contributed by atoms with van der Waals surface area (Å²) in [5.41, 5.74) is 0. The molecule has 84 valence electrons. The van der Waals surface area contributed by atoms with Gasteiger partial charge in [0.25, 0.3) is 0 Å². The number of rotatable bonds is 9. The van der Waals surface area contributed by atoms with Crippen molar-refractivity contribution in [3.8, 4) is 0 Å². The van der Waals surface area contributed by atoms with Gasteiger partial charge in [-0.15, -0.1) is 0 Å². The first-order valence-corrected chi connectivity index (χ1v) is 5.81. The summed E-state index contributed by atoms with van der Waals surface area (Å²) in [6.45, 7) is 9.22.